The minimum atomic E-state index is -3.85. The van der Waals surface area contributed by atoms with Gasteiger partial charge in [-0.1, -0.05) is 30.3 Å². The summed E-state index contributed by atoms with van der Waals surface area (Å²) in [6.07, 6.45) is -0.192. The molecule has 0 bridgehead atoms. The Kier molecular flexibility index (Phi) is 6.56. The average molecular weight is 471 g/mol. The second kappa shape index (κ2) is 9.71. The molecule has 0 atom stereocenters. The first-order valence-corrected chi connectivity index (χ1v) is 11.5. The third kappa shape index (κ3) is 5.48. The van der Waals surface area contributed by atoms with Crippen LogP contribution in [0.3, 0.4) is 0 Å². The van der Waals surface area contributed by atoms with E-state index in [9.17, 15) is 18.0 Å². The van der Waals surface area contributed by atoms with Crippen molar-refractivity contribution in [1.82, 2.24) is 25.8 Å². The van der Waals surface area contributed by atoms with Crippen molar-refractivity contribution in [2.45, 2.75) is 11.3 Å². The molecule has 0 spiro atoms. The smallest absolute Gasteiger partial charge is 0.287 e. The van der Waals surface area contributed by atoms with Crippen LogP contribution in [-0.4, -0.2) is 50.2 Å². The van der Waals surface area contributed by atoms with Crippen LogP contribution < -0.4 is 25.0 Å². The van der Waals surface area contributed by atoms with E-state index >= 15 is 0 Å². The molecule has 0 fully saturated rings. The van der Waals surface area contributed by atoms with E-state index < -0.39 is 21.8 Å². The highest BCUT2D eigenvalue weighted by Gasteiger charge is 2.19. The van der Waals surface area contributed by atoms with Gasteiger partial charge in [-0.25, -0.2) is 13.1 Å². The zero-order chi connectivity index (χ0) is 23.3. The van der Waals surface area contributed by atoms with Crippen molar-refractivity contribution in [2.75, 3.05) is 19.8 Å². The van der Waals surface area contributed by atoms with Gasteiger partial charge in [-0.2, -0.15) is 5.10 Å². The number of aromatic amines is 1. The van der Waals surface area contributed by atoms with Crippen LogP contribution in [0.4, 0.5) is 0 Å². The standard InChI is InChI=1S/C21H21N5O6S/c27-20(25-26-21(28)17-13-16(23-24-17)14-4-2-1-3-5-14)8-9-22-33(29,30)15-6-7-18-19(12-15)32-11-10-31-18/h1-7,12-13,22H,8-11H2,(H,23,24)(H,25,27)(H,26,28). The van der Waals surface area contributed by atoms with Crippen LogP contribution in [0.5, 0.6) is 11.5 Å². The van der Waals surface area contributed by atoms with Crippen LogP contribution in [0.1, 0.15) is 16.9 Å². The molecule has 0 aliphatic carbocycles. The molecule has 0 saturated heterocycles. The van der Waals surface area contributed by atoms with Crippen LogP contribution in [0, 0.1) is 0 Å². The monoisotopic (exact) mass is 471 g/mol. The first-order valence-electron chi connectivity index (χ1n) is 10.0. The average Bonchev–Trinajstić information content (AvgIpc) is 3.33. The predicted octanol–water partition coefficient (Wildman–Crippen LogP) is 0.977. The van der Waals surface area contributed by atoms with E-state index in [0.29, 0.717) is 30.4 Å². The molecule has 1 aromatic heterocycles. The van der Waals surface area contributed by atoms with E-state index in [1.807, 2.05) is 30.3 Å². The van der Waals surface area contributed by atoms with Crippen LogP contribution in [0.15, 0.2) is 59.5 Å². The number of nitrogens with one attached hydrogen (secondary N) is 4. The Morgan fingerprint density at radius 2 is 1.73 bits per heavy atom. The number of hydrogen-bond donors (Lipinski definition) is 4. The molecular formula is C21H21N5O6S. The van der Waals surface area contributed by atoms with Gasteiger partial charge >= 0.3 is 0 Å². The third-order valence-electron chi connectivity index (χ3n) is 4.68. The molecule has 4 rings (SSSR count). The number of carbonyl (C=O) groups excluding carboxylic acids is 2. The molecular weight excluding hydrogens is 450 g/mol. The Balaban J connectivity index is 1.24. The highest BCUT2D eigenvalue weighted by molar-refractivity contribution is 7.89. The number of H-pyrrole nitrogens is 1. The SMILES string of the molecule is O=C(CCNS(=O)(=O)c1ccc2c(c1)OCCO2)NNC(=O)c1cc(-c2ccccc2)n[nH]1. The summed E-state index contributed by atoms with van der Waals surface area (Å²) < 4.78 is 38.0. The minimum Gasteiger partial charge on any atom is -0.486 e. The van der Waals surface area contributed by atoms with Gasteiger partial charge in [0.15, 0.2) is 11.5 Å². The quantitative estimate of drug-likeness (QED) is 0.375. The molecule has 0 radical (unpaired) electrons. The number of benzene rings is 2. The number of fused-ring (bicyclic) bond motifs is 1. The van der Waals surface area contributed by atoms with E-state index in [1.165, 1.54) is 18.2 Å². The van der Waals surface area contributed by atoms with Gasteiger partial charge in [-0.05, 0) is 18.2 Å². The van der Waals surface area contributed by atoms with E-state index in [2.05, 4.69) is 25.8 Å². The van der Waals surface area contributed by atoms with Gasteiger partial charge in [0, 0.05) is 24.6 Å². The van der Waals surface area contributed by atoms with E-state index in [4.69, 9.17) is 9.47 Å². The lowest BCUT2D eigenvalue weighted by molar-refractivity contribution is -0.121. The number of carbonyl (C=O) groups is 2. The Bertz CT molecular complexity index is 1260. The molecule has 12 heteroatoms. The maximum Gasteiger partial charge on any atom is 0.287 e. The van der Waals surface area contributed by atoms with Crippen LogP contribution in [-0.2, 0) is 14.8 Å². The fourth-order valence-electron chi connectivity index (χ4n) is 3.02. The predicted molar refractivity (Wildman–Crippen MR) is 117 cm³/mol. The van der Waals surface area contributed by atoms with E-state index in [0.717, 1.165) is 5.56 Å². The van der Waals surface area contributed by atoms with Crippen molar-refractivity contribution in [1.29, 1.82) is 0 Å². The summed E-state index contributed by atoms with van der Waals surface area (Å²) in [5.41, 5.74) is 6.08. The third-order valence-corrected chi connectivity index (χ3v) is 6.13. The number of hydrazine groups is 1. The van der Waals surface area contributed by atoms with Crippen molar-refractivity contribution in [3.8, 4) is 22.8 Å². The van der Waals surface area contributed by atoms with Gasteiger partial charge in [0.05, 0.1) is 10.6 Å². The number of amides is 2. The summed E-state index contributed by atoms with van der Waals surface area (Å²) in [5, 5.41) is 6.68. The molecule has 11 nitrogen and oxygen atoms in total. The first-order chi connectivity index (χ1) is 15.9. The Hall–Kier alpha value is -3.90. The number of rotatable bonds is 7. The lowest BCUT2D eigenvalue weighted by atomic mass is 10.1. The van der Waals surface area contributed by atoms with Gasteiger partial charge in [0.2, 0.25) is 15.9 Å². The Morgan fingerprint density at radius 3 is 2.52 bits per heavy atom. The molecule has 0 saturated carbocycles. The van der Waals surface area contributed by atoms with Crippen molar-refractivity contribution in [3.05, 3.63) is 60.3 Å². The molecule has 0 unspecified atom stereocenters. The summed E-state index contributed by atoms with van der Waals surface area (Å²) in [6.45, 7) is 0.570. The lowest BCUT2D eigenvalue weighted by Crippen LogP contribution is -2.43. The summed E-state index contributed by atoms with van der Waals surface area (Å²) >= 11 is 0. The number of sulfonamides is 1. The molecule has 33 heavy (non-hydrogen) atoms. The zero-order valence-corrected chi connectivity index (χ0v) is 18.1. The van der Waals surface area contributed by atoms with E-state index in [-0.39, 0.29) is 23.6 Å². The number of hydrogen-bond acceptors (Lipinski definition) is 7. The molecule has 2 aromatic carbocycles. The van der Waals surface area contributed by atoms with Crippen LogP contribution in [0.2, 0.25) is 0 Å². The fourth-order valence-corrected chi connectivity index (χ4v) is 4.07. The second-order valence-electron chi connectivity index (χ2n) is 6.99. The van der Waals surface area contributed by atoms with Crippen molar-refractivity contribution in [2.24, 2.45) is 0 Å². The van der Waals surface area contributed by atoms with E-state index in [1.54, 1.807) is 6.07 Å². The largest absolute Gasteiger partial charge is 0.486 e. The maximum atomic E-state index is 12.4. The van der Waals surface area contributed by atoms with Gasteiger partial charge in [0.25, 0.3) is 5.91 Å². The highest BCUT2D eigenvalue weighted by atomic mass is 32.2. The van der Waals surface area contributed by atoms with Crippen LogP contribution >= 0.6 is 0 Å². The second-order valence-corrected chi connectivity index (χ2v) is 8.76. The summed E-state index contributed by atoms with van der Waals surface area (Å²) in [5.74, 6) is -0.340. The number of aromatic nitrogens is 2. The molecule has 1 aliphatic rings. The Labute approximate surface area is 189 Å². The summed E-state index contributed by atoms with van der Waals surface area (Å²) in [7, 11) is -3.85. The summed E-state index contributed by atoms with van der Waals surface area (Å²) in [4.78, 5) is 24.2. The minimum absolute atomic E-state index is 0.00562. The van der Waals surface area contributed by atoms with Crippen molar-refractivity contribution in [3.63, 3.8) is 0 Å². The van der Waals surface area contributed by atoms with Gasteiger partial charge < -0.3 is 9.47 Å². The lowest BCUT2D eigenvalue weighted by Gasteiger charge is -2.18. The molecule has 1 aliphatic heterocycles. The number of nitrogens with zero attached hydrogens (tertiary/aromatic N) is 1. The van der Waals surface area contributed by atoms with Crippen molar-refractivity contribution < 1.29 is 27.5 Å². The first kappa shape index (κ1) is 22.3. The highest BCUT2D eigenvalue weighted by Crippen LogP contribution is 2.32. The number of ether oxygens (including phenoxy) is 2. The molecule has 3 aromatic rings. The topological polar surface area (TPSA) is 152 Å². The molecule has 2 heterocycles. The fraction of sp³-hybridized carbons (Fsp3) is 0.190. The van der Waals surface area contributed by atoms with Crippen molar-refractivity contribution >= 4 is 21.8 Å². The molecule has 2 amide bonds. The van der Waals surface area contributed by atoms with Gasteiger partial charge in [0.1, 0.15) is 18.9 Å². The molecule has 4 N–H and O–H groups in total. The van der Waals surface area contributed by atoms with Gasteiger partial charge in [-0.15, -0.1) is 0 Å². The Morgan fingerprint density at radius 1 is 0.970 bits per heavy atom. The zero-order valence-electron chi connectivity index (χ0n) is 17.3. The summed E-state index contributed by atoms with van der Waals surface area (Å²) in [6, 6.07) is 15.1. The normalized spacial score (nSPS) is 12.7. The molecule has 172 valence electrons. The van der Waals surface area contributed by atoms with Gasteiger partial charge in [-0.3, -0.25) is 25.5 Å². The van der Waals surface area contributed by atoms with Crippen LogP contribution in [0.25, 0.3) is 11.3 Å². The maximum absolute atomic E-state index is 12.4.